The first-order valence-electron chi connectivity index (χ1n) is 11.3. The number of ether oxygens (including phenoxy) is 3. The number of amides is 1. The highest BCUT2D eigenvalue weighted by molar-refractivity contribution is 6.32. The summed E-state index contributed by atoms with van der Waals surface area (Å²) in [6.07, 6.45) is 3.51. The van der Waals surface area contributed by atoms with Crippen LogP contribution in [0.2, 0.25) is 5.02 Å². The summed E-state index contributed by atoms with van der Waals surface area (Å²) in [4.78, 5) is 17.9. The first-order chi connectivity index (χ1) is 17.0. The number of carbonyl (C=O) groups excluding carboxylic acids is 1. The zero-order chi connectivity index (χ0) is 24.9. The number of hydrogen-bond acceptors (Lipinski definition) is 7. The van der Waals surface area contributed by atoms with Crippen LogP contribution in [-0.2, 0) is 4.79 Å². The van der Waals surface area contributed by atoms with Gasteiger partial charge in [0.25, 0.3) is 5.91 Å². The highest BCUT2D eigenvalue weighted by Gasteiger charge is 2.34. The van der Waals surface area contributed by atoms with Crippen molar-refractivity contribution in [2.24, 2.45) is 0 Å². The number of unbranched alkanes of at least 4 members (excludes halogenated alkanes) is 1. The van der Waals surface area contributed by atoms with Crippen molar-refractivity contribution in [2.75, 3.05) is 31.5 Å². The zero-order valence-corrected chi connectivity index (χ0v) is 20.8. The number of rotatable bonds is 9. The Balaban J connectivity index is 1.68. The molecule has 0 saturated heterocycles. The second-order valence-electron chi connectivity index (χ2n) is 8.01. The summed E-state index contributed by atoms with van der Waals surface area (Å²) >= 11 is 6.22. The van der Waals surface area contributed by atoms with E-state index in [-0.39, 0.29) is 5.91 Å². The van der Waals surface area contributed by atoms with E-state index in [2.05, 4.69) is 27.6 Å². The van der Waals surface area contributed by atoms with Gasteiger partial charge in [0.2, 0.25) is 5.95 Å². The molecule has 0 spiro atoms. The lowest BCUT2D eigenvalue weighted by Crippen LogP contribution is -2.31. The van der Waals surface area contributed by atoms with Gasteiger partial charge in [-0.1, -0.05) is 37.1 Å². The molecule has 0 bridgehead atoms. The molecule has 9 nitrogen and oxygen atoms in total. The highest BCUT2D eigenvalue weighted by Crippen LogP contribution is 2.39. The van der Waals surface area contributed by atoms with Gasteiger partial charge in [-0.25, -0.2) is 4.68 Å². The molecule has 2 heterocycles. The Morgan fingerprint density at radius 2 is 1.91 bits per heavy atom. The number of allylic oxidation sites excluding steroid dienone is 1. The molecule has 184 valence electrons. The number of benzene rings is 2. The van der Waals surface area contributed by atoms with Crippen LogP contribution >= 0.6 is 11.6 Å². The fourth-order valence-electron chi connectivity index (χ4n) is 3.92. The van der Waals surface area contributed by atoms with Gasteiger partial charge in [-0.2, -0.15) is 10.1 Å². The maximum absolute atomic E-state index is 13.7. The molecule has 2 N–H and O–H groups in total. The van der Waals surface area contributed by atoms with Crippen LogP contribution in [0.4, 0.5) is 11.6 Å². The van der Waals surface area contributed by atoms with E-state index in [1.807, 2.05) is 31.2 Å². The van der Waals surface area contributed by atoms with E-state index in [0.29, 0.717) is 46.0 Å². The summed E-state index contributed by atoms with van der Waals surface area (Å²) in [5, 5.41) is 10.9. The summed E-state index contributed by atoms with van der Waals surface area (Å²) in [7, 11) is 3.02. The number of carbonyl (C=O) groups is 1. The van der Waals surface area contributed by atoms with Crippen LogP contribution in [0.5, 0.6) is 17.2 Å². The average Bonchev–Trinajstić information content (AvgIpc) is 3.32. The first-order valence-corrected chi connectivity index (χ1v) is 11.7. The van der Waals surface area contributed by atoms with Crippen molar-refractivity contribution in [3.8, 4) is 17.2 Å². The number of nitrogens with one attached hydrogen (secondary N) is 2. The standard InChI is InChI=1S/C25H28ClN5O4/c1-5-6-11-35-17-9-7-16(8-10-17)23-22(15(2)29-25-27-14-28-31(23)25)24(32)30-19-13-20(33-3)18(26)12-21(19)34-4/h7-10,12-14,23H,5-6,11H2,1-4H3,(H,30,32)(H,27,28,29)/t23-/m0/s1. The highest BCUT2D eigenvalue weighted by atomic mass is 35.5. The van der Waals surface area contributed by atoms with Gasteiger partial charge in [0, 0.05) is 17.8 Å². The third kappa shape index (κ3) is 5.05. The molecule has 2 aromatic carbocycles. The zero-order valence-electron chi connectivity index (χ0n) is 20.1. The lowest BCUT2D eigenvalue weighted by molar-refractivity contribution is -0.113. The number of nitrogens with zero attached hydrogens (tertiary/aromatic N) is 3. The van der Waals surface area contributed by atoms with E-state index in [1.165, 1.54) is 20.5 Å². The second-order valence-corrected chi connectivity index (χ2v) is 8.41. The van der Waals surface area contributed by atoms with Gasteiger partial charge < -0.3 is 24.8 Å². The topological polar surface area (TPSA) is 99.5 Å². The Kier molecular flexibility index (Phi) is 7.45. The third-order valence-corrected chi connectivity index (χ3v) is 6.02. The minimum absolute atomic E-state index is 0.327. The quantitative estimate of drug-likeness (QED) is 0.399. The smallest absolute Gasteiger partial charge is 0.255 e. The molecule has 0 fully saturated rings. The predicted octanol–water partition coefficient (Wildman–Crippen LogP) is 5.06. The van der Waals surface area contributed by atoms with Crippen molar-refractivity contribution >= 4 is 29.1 Å². The number of hydrogen-bond donors (Lipinski definition) is 2. The Morgan fingerprint density at radius 3 is 2.60 bits per heavy atom. The molecular formula is C25H28ClN5O4. The molecule has 1 aromatic heterocycles. The van der Waals surface area contributed by atoms with Crippen LogP contribution in [0.1, 0.15) is 38.3 Å². The molecular weight excluding hydrogens is 470 g/mol. The van der Waals surface area contributed by atoms with Gasteiger partial charge in [-0.3, -0.25) is 4.79 Å². The number of halogens is 1. The fraction of sp³-hybridized carbons (Fsp3) is 0.320. The molecule has 1 aliphatic heterocycles. The van der Waals surface area contributed by atoms with Gasteiger partial charge in [0.05, 0.1) is 37.1 Å². The van der Waals surface area contributed by atoms with Gasteiger partial charge in [0.1, 0.15) is 29.6 Å². The normalized spacial score (nSPS) is 14.7. The molecule has 1 amide bonds. The van der Waals surface area contributed by atoms with Crippen molar-refractivity contribution in [1.29, 1.82) is 0 Å². The largest absolute Gasteiger partial charge is 0.495 e. The van der Waals surface area contributed by atoms with Gasteiger partial charge in [-0.05, 0) is 31.0 Å². The fourth-order valence-corrected chi connectivity index (χ4v) is 4.15. The third-order valence-electron chi connectivity index (χ3n) is 5.72. The van der Waals surface area contributed by atoms with Crippen molar-refractivity contribution in [1.82, 2.24) is 14.8 Å². The van der Waals surface area contributed by atoms with Crippen LogP contribution in [-0.4, -0.2) is 41.5 Å². The maximum Gasteiger partial charge on any atom is 0.255 e. The lowest BCUT2D eigenvalue weighted by atomic mass is 9.95. The average molecular weight is 498 g/mol. The van der Waals surface area contributed by atoms with Crippen LogP contribution in [0, 0.1) is 0 Å². The Hall–Kier alpha value is -3.72. The summed E-state index contributed by atoms with van der Waals surface area (Å²) in [5.74, 6) is 1.84. The lowest BCUT2D eigenvalue weighted by Gasteiger charge is -2.29. The Labute approximate surface area is 209 Å². The van der Waals surface area contributed by atoms with Gasteiger partial charge >= 0.3 is 0 Å². The van der Waals surface area contributed by atoms with Crippen LogP contribution in [0.3, 0.4) is 0 Å². The summed E-state index contributed by atoms with van der Waals surface area (Å²) < 4.78 is 18.2. The minimum Gasteiger partial charge on any atom is -0.495 e. The first kappa shape index (κ1) is 24.4. The molecule has 10 heteroatoms. The van der Waals surface area contributed by atoms with E-state index in [0.717, 1.165) is 24.2 Å². The number of methoxy groups -OCH3 is 2. The summed E-state index contributed by atoms with van der Waals surface area (Å²) in [5.41, 5.74) is 2.45. The van der Waals surface area contributed by atoms with E-state index in [9.17, 15) is 4.79 Å². The van der Waals surface area contributed by atoms with E-state index < -0.39 is 6.04 Å². The number of fused-ring (bicyclic) bond motifs is 1. The van der Waals surface area contributed by atoms with E-state index in [1.54, 1.807) is 16.8 Å². The molecule has 1 atom stereocenters. The van der Waals surface area contributed by atoms with E-state index >= 15 is 0 Å². The van der Waals surface area contributed by atoms with Crippen molar-refractivity contribution in [3.05, 3.63) is 64.6 Å². The molecule has 0 radical (unpaired) electrons. The van der Waals surface area contributed by atoms with Crippen molar-refractivity contribution in [2.45, 2.75) is 32.7 Å². The predicted molar refractivity (Wildman–Crippen MR) is 135 cm³/mol. The summed E-state index contributed by atoms with van der Waals surface area (Å²) in [6, 6.07) is 10.4. The van der Waals surface area contributed by atoms with Crippen LogP contribution in [0.25, 0.3) is 0 Å². The molecule has 0 aliphatic carbocycles. The Bertz CT molecular complexity index is 1240. The molecule has 0 saturated carbocycles. The SMILES string of the molecule is CCCCOc1ccc([C@H]2C(C(=O)Nc3cc(OC)c(Cl)cc3OC)=C(C)Nc3ncnn32)cc1. The van der Waals surface area contributed by atoms with Gasteiger partial charge in [-0.15, -0.1) is 0 Å². The Morgan fingerprint density at radius 1 is 1.17 bits per heavy atom. The monoisotopic (exact) mass is 497 g/mol. The number of anilines is 2. The van der Waals surface area contributed by atoms with Crippen molar-refractivity contribution < 1.29 is 19.0 Å². The molecule has 4 rings (SSSR count). The van der Waals surface area contributed by atoms with Gasteiger partial charge in [0.15, 0.2) is 0 Å². The second kappa shape index (κ2) is 10.7. The summed E-state index contributed by atoms with van der Waals surface area (Å²) in [6.45, 7) is 4.62. The van der Waals surface area contributed by atoms with Crippen molar-refractivity contribution in [3.63, 3.8) is 0 Å². The van der Waals surface area contributed by atoms with Crippen LogP contribution < -0.4 is 24.8 Å². The van der Waals surface area contributed by atoms with E-state index in [4.69, 9.17) is 25.8 Å². The molecule has 0 unspecified atom stereocenters. The van der Waals surface area contributed by atoms with Crippen LogP contribution in [0.15, 0.2) is 54.0 Å². The minimum atomic E-state index is -0.501. The number of aromatic nitrogens is 3. The maximum atomic E-state index is 13.7. The molecule has 1 aliphatic rings. The molecule has 3 aromatic rings. The molecule has 35 heavy (non-hydrogen) atoms.